The molecule has 2 aliphatic rings. The maximum absolute atomic E-state index is 13.3. The zero-order valence-corrected chi connectivity index (χ0v) is 19.8. The van der Waals surface area contributed by atoms with E-state index < -0.39 is 5.97 Å². The third kappa shape index (κ3) is 6.83. The van der Waals surface area contributed by atoms with Crippen molar-refractivity contribution >= 4 is 46.1 Å². The van der Waals surface area contributed by atoms with Crippen LogP contribution in [-0.4, -0.2) is 68.7 Å². The van der Waals surface area contributed by atoms with E-state index in [4.69, 9.17) is 5.11 Å². The van der Waals surface area contributed by atoms with Crippen molar-refractivity contribution in [2.75, 3.05) is 24.2 Å². The maximum Gasteiger partial charge on any atom is 0.324 e. The maximum atomic E-state index is 13.3. The van der Waals surface area contributed by atoms with Gasteiger partial charge in [-0.15, -0.1) is 11.8 Å². The van der Waals surface area contributed by atoms with Crippen LogP contribution in [0.25, 0.3) is 0 Å². The molecule has 1 aliphatic heterocycles. The molecule has 172 valence electrons. The second-order valence-electron chi connectivity index (χ2n) is 8.47. The van der Waals surface area contributed by atoms with Crippen molar-refractivity contribution in [3.63, 3.8) is 0 Å². The van der Waals surface area contributed by atoms with E-state index in [2.05, 4.69) is 17.2 Å². The number of hydrogen-bond donors (Lipinski definition) is 2. The third-order valence-electron chi connectivity index (χ3n) is 6.18. The molecule has 2 fully saturated rings. The highest BCUT2D eigenvalue weighted by molar-refractivity contribution is 8.01. The summed E-state index contributed by atoms with van der Waals surface area (Å²) in [4.78, 5) is 43.9. The van der Waals surface area contributed by atoms with Gasteiger partial charge in [-0.05, 0) is 44.4 Å². The topological polar surface area (TPSA) is 103 Å². The number of likely N-dealkylation sites (tertiary alicyclic amines) is 1. The Morgan fingerprint density at radius 3 is 2.45 bits per heavy atom. The molecule has 1 saturated heterocycles. The van der Waals surface area contributed by atoms with Crippen LogP contribution in [0.2, 0.25) is 0 Å². The number of anilines is 1. The van der Waals surface area contributed by atoms with Crippen LogP contribution in [0, 0.1) is 5.92 Å². The van der Waals surface area contributed by atoms with Gasteiger partial charge in [0.1, 0.15) is 0 Å². The number of aliphatic carboxylic acids is 1. The lowest BCUT2D eigenvalue weighted by molar-refractivity contribution is -0.136. The third-order valence-corrected chi connectivity index (χ3v) is 8.28. The van der Waals surface area contributed by atoms with Gasteiger partial charge in [0.25, 0.3) is 0 Å². The van der Waals surface area contributed by atoms with Gasteiger partial charge in [-0.1, -0.05) is 18.3 Å². The summed E-state index contributed by atoms with van der Waals surface area (Å²) in [6.07, 6.45) is 7.65. The number of rotatable bonds is 7. The fraction of sp³-hybridized carbons (Fsp3) is 0.714. The van der Waals surface area contributed by atoms with Crippen molar-refractivity contribution in [1.82, 2.24) is 14.8 Å². The number of nitrogens with zero attached hydrogens (tertiary/aromatic N) is 3. The van der Waals surface area contributed by atoms with Crippen LogP contribution >= 0.6 is 23.1 Å². The SMILES string of the molecule is CC(=O)N1CCC(N(C(=O)Nc2ncc(SCCC(=O)O)s2)C2CCC(C)CC2)CC1. The van der Waals surface area contributed by atoms with Crippen LogP contribution in [0.1, 0.15) is 58.8 Å². The van der Waals surface area contributed by atoms with Gasteiger partial charge in [0.05, 0.1) is 16.8 Å². The summed E-state index contributed by atoms with van der Waals surface area (Å²) in [6, 6.07) is 0.227. The molecule has 0 bridgehead atoms. The standard InChI is InChI=1S/C21H32N4O4S2/c1-14-3-5-16(6-4-14)25(17-7-10-24(11-8-17)15(2)26)21(29)23-20-22-13-19(31-20)30-12-9-18(27)28/h13-14,16-17H,3-12H2,1-2H3,(H,27,28)(H,22,23,29). The van der Waals surface area contributed by atoms with Gasteiger partial charge in [-0.2, -0.15) is 0 Å². The van der Waals surface area contributed by atoms with Crippen molar-refractivity contribution in [1.29, 1.82) is 0 Å². The number of amides is 3. The Kier molecular flexibility index (Phi) is 8.59. The number of aromatic nitrogens is 1. The first-order chi connectivity index (χ1) is 14.8. The molecule has 0 unspecified atom stereocenters. The van der Waals surface area contributed by atoms with E-state index in [0.717, 1.165) is 42.7 Å². The van der Waals surface area contributed by atoms with Crippen LogP contribution in [0.15, 0.2) is 10.4 Å². The Balaban J connectivity index is 1.64. The average molecular weight is 469 g/mol. The van der Waals surface area contributed by atoms with Crippen LogP contribution in [0.3, 0.4) is 0 Å². The molecule has 0 aromatic carbocycles. The molecule has 8 nitrogen and oxygen atoms in total. The summed E-state index contributed by atoms with van der Waals surface area (Å²) in [6.45, 7) is 5.25. The molecule has 1 aromatic rings. The highest BCUT2D eigenvalue weighted by atomic mass is 32.2. The molecule has 1 saturated carbocycles. The minimum Gasteiger partial charge on any atom is -0.481 e. The summed E-state index contributed by atoms with van der Waals surface area (Å²) >= 11 is 2.81. The number of urea groups is 1. The number of carboxylic acid groups (broad SMARTS) is 1. The minimum absolute atomic E-state index is 0.0941. The largest absolute Gasteiger partial charge is 0.481 e. The lowest BCUT2D eigenvalue weighted by atomic mass is 9.85. The van der Waals surface area contributed by atoms with Gasteiger partial charge >= 0.3 is 12.0 Å². The second-order valence-corrected chi connectivity index (χ2v) is 10.9. The number of hydrogen-bond acceptors (Lipinski definition) is 6. The number of carbonyl (C=O) groups is 3. The van der Waals surface area contributed by atoms with Crippen LogP contribution in [0.5, 0.6) is 0 Å². The molecule has 3 rings (SSSR count). The van der Waals surface area contributed by atoms with E-state index in [1.807, 2.05) is 9.80 Å². The predicted octanol–water partition coefficient (Wildman–Crippen LogP) is 4.13. The lowest BCUT2D eigenvalue weighted by Crippen LogP contribution is -2.54. The van der Waals surface area contributed by atoms with Crippen molar-refractivity contribution in [2.24, 2.45) is 5.92 Å². The van der Waals surface area contributed by atoms with Crippen LogP contribution < -0.4 is 5.32 Å². The average Bonchev–Trinajstić information content (AvgIpc) is 3.17. The Morgan fingerprint density at radius 2 is 1.84 bits per heavy atom. The number of carbonyl (C=O) groups excluding carboxylic acids is 2. The van der Waals surface area contributed by atoms with Gasteiger partial charge in [0, 0.05) is 37.8 Å². The number of nitrogens with one attached hydrogen (secondary N) is 1. The van der Waals surface area contributed by atoms with Gasteiger partial charge < -0.3 is 14.9 Å². The normalized spacial score (nSPS) is 22.2. The minimum atomic E-state index is -0.821. The summed E-state index contributed by atoms with van der Waals surface area (Å²) < 4.78 is 0.893. The van der Waals surface area contributed by atoms with E-state index in [1.165, 1.54) is 23.1 Å². The van der Waals surface area contributed by atoms with E-state index in [-0.39, 0.29) is 30.4 Å². The Bertz CT molecular complexity index is 771. The highest BCUT2D eigenvalue weighted by Gasteiger charge is 2.35. The quantitative estimate of drug-likeness (QED) is 0.583. The predicted molar refractivity (Wildman–Crippen MR) is 123 cm³/mol. The first kappa shape index (κ1) is 23.8. The Hall–Kier alpha value is -1.81. The van der Waals surface area contributed by atoms with Gasteiger partial charge in [-0.25, -0.2) is 9.78 Å². The fourth-order valence-corrected chi connectivity index (χ4v) is 6.26. The first-order valence-electron chi connectivity index (χ1n) is 11.0. The summed E-state index contributed by atoms with van der Waals surface area (Å²) in [7, 11) is 0. The van der Waals surface area contributed by atoms with Gasteiger partial charge in [0.15, 0.2) is 5.13 Å². The zero-order chi connectivity index (χ0) is 22.4. The number of thiazole rings is 1. The van der Waals surface area contributed by atoms with Crippen molar-refractivity contribution < 1.29 is 19.5 Å². The smallest absolute Gasteiger partial charge is 0.324 e. The summed E-state index contributed by atoms with van der Waals surface area (Å²) in [5.74, 6) is 0.451. The summed E-state index contributed by atoms with van der Waals surface area (Å²) in [5, 5.41) is 12.3. The van der Waals surface area contributed by atoms with Crippen molar-refractivity contribution in [3.05, 3.63) is 6.20 Å². The van der Waals surface area contributed by atoms with E-state index in [1.54, 1.807) is 13.1 Å². The molecule has 10 heteroatoms. The molecule has 2 heterocycles. The second kappa shape index (κ2) is 11.2. The van der Waals surface area contributed by atoms with Crippen molar-refractivity contribution in [3.8, 4) is 0 Å². The zero-order valence-electron chi connectivity index (χ0n) is 18.2. The van der Waals surface area contributed by atoms with Gasteiger partial charge in [0.2, 0.25) is 5.91 Å². The van der Waals surface area contributed by atoms with Crippen LogP contribution in [-0.2, 0) is 9.59 Å². The molecule has 0 atom stereocenters. The lowest BCUT2D eigenvalue weighted by Gasteiger charge is -2.44. The molecule has 31 heavy (non-hydrogen) atoms. The molecule has 1 aromatic heterocycles. The molecule has 3 amide bonds. The Labute approximate surface area is 191 Å². The molecule has 0 spiro atoms. The Morgan fingerprint density at radius 1 is 1.19 bits per heavy atom. The molecule has 2 N–H and O–H groups in total. The molecular formula is C21H32N4O4S2. The number of thioether (sulfide) groups is 1. The van der Waals surface area contributed by atoms with E-state index >= 15 is 0 Å². The van der Waals surface area contributed by atoms with Gasteiger partial charge in [-0.3, -0.25) is 14.9 Å². The van der Waals surface area contributed by atoms with E-state index in [9.17, 15) is 14.4 Å². The molecule has 1 aliphatic carbocycles. The summed E-state index contributed by atoms with van der Waals surface area (Å²) in [5.41, 5.74) is 0. The first-order valence-corrected chi connectivity index (χ1v) is 12.8. The highest BCUT2D eigenvalue weighted by Crippen LogP contribution is 2.33. The molecule has 0 radical (unpaired) electrons. The monoisotopic (exact) mass is 468 g/mol. The molecular weight excluding hydrogens is 436 g/mol. The number of piperidine rings is 1. The fourth-order valence-electron chi connectivity index (χ4n) is 4.39. The van der Waals surface area contributed by atoms with Crippen LogP contribution in [0.4, 0.5) is 9.93 Å². The van der Waals surface area contributed by atoms with E-state index in [0.29, 0.717) is 29.9 Å². The van der Waals surface area contributed by atoms with Crippen molar-refractivity contribution in [2.45, 2.75) is 75.1 Å². The number of carboxylic acids is 1.